The van der Waals surface area contributed by atoms with Crippen LogP contribution in [0.25, 0.3) is 0 Å². The van der Waals surface area contributed by atoms with Crippen molar-refractivity contribution < 1.29 is 9.90 Å². The molecule has 1 saturated heterocycles. The molecule has 0 aromatic carbocycles. The molecule has 1 heterocycles. The van der Waals surface area contributed by atoms with E-state index in [9.17, 15) is 4.79 Å². The molecule has 0 aromatic rings. The molecule has 1 saturated carbocycles. The number of thioether (sulfide) groups is 1. The van der Waals surface area contributed by atoms with Gasteiger partial charge in [0.05, 0.1) is 4.87 Å². The average molecular weight is 215 g/mol. The normalized spacial score (nSPS) is 42.1. The van der Waals surface area contributed by atoms with Crippen LogP contribution in [0.15, 0.2) is 0 Å². The molecule has 2 fully saturated rings. The summed E-state index contributed by atoms with van der Waals surface area (Å²) in [6, 6.07) is -0.327. The lowest BCUT2D eigenvalue weighted by Gasteiger charge is -2.30. The van der Waals surface area contributed by atoms with Crippen LogP contribution in [0, 0.1) is 5.92 Å². The first-order chi connectivity index (χ1) is 6.68. The molecule has 1 aliphatic carbocycles. The number of hydrogen-bond acceptors (Lipinski definition) is 3. The molecular formula is C10H17NO2S. The lowest BCUT2D eigenvalue weighted by molar-refractivity contribution is -0.139. The van der Waals surface area contributed by atoms with E-state index in [1.54, 1.807) is 0 Å². The van der Waals surface area contributed by atoms with Gasteiger partial charge in [0.25, 0.3) is 0 Å². The average Bonchev–Trinajstić information content (AvgIpc) is 2.74. The molecule has 0 aromatic heterocycles. The first-order valence-electron chi connectivity index (χ1n) is 5.32. The molecule has 2 N–H and O–H groups in total. The minimum absolute atomic E-state index is 0.0950. The Kier molecular flexibility index (Phi) is 2.75. The molecule has 2 unspecified atom stereocenters. The van der Waals surface area contributed by atoms with Crippen LogP contribution < -0.4 is 5.32 Å². The Morgan fingerprint density at radius 1 is 1.71 bits per heavy atom. The van der Waals surface area contributed by atoms with Gasteiger partial charge in [0.15, 0.2) is 0 Å². The van der Waals surface area contributed by atoms with E-state index >= 15 is 0 Å². The molecule has 2 aliphatic rings. The van der Waals surface area contributed by atoms with E-state index in [1.165, 1.54) is 12.8 Å². The Bertz CT molecular complexity index is 246. The SMILES string of the molecule is CCC1CCCC12N[C@H](C(=O)O)CS2. The lowest BCUT2D eigenvalue weighted by Crippen LogP contribution is -2.47. The highest BCUT2D eigenvalue weighted by Crippen LogP contribution is 2.48. The van der Waals surface area contributed by atoms with E-state index in [2.05, 4.69) is 12.2 Å². The summed E-state index contributed by atoms with van der Waals surface area (Å²) in [6.07, 6.45) is 4.79. The zero-order valence-electron chi connectivity index (χ0n) is 8.45. The highest BCUT2D eigenvalue weighted by molar-refractivity contribution is 8.01. The van der Waals surface area contributed by atoms with Crippen LogP contribution in [0.4, 0.5) is 0 Å². The maximum atomic E-state index is 10.9. The van der Waals surface area contributed by atoms with Crippen LogP contribution >= 0.6 is 11.8 Å². The van der Waals surface area contributed by atoms with Gasteiger partial charge >= 0.3 is 5.97 Å². The topological polar surface area (TPSA) is 49.3 Å². The Balaban J connectivity index is 2.08. The molecular weight excluding hydrogens is 198 g/mol. The maximum Gasteiger partial charge on any atom is 0.321 e. The number of carboxylic acids is 1. The summed E-state index contributed by atoms with van der Waals surface area (Å²) in [5.74, 6) is 0.694. The fourth-order valence-corrected chi connectivity index (χ4v) is 4.43. The molecule has 1 aliphatic heterocycles. The van der Waals surface area contributed by atoms with E-state index < -0.39 is 5.97 Å². The number of rotatable bonds is 2. The van der Waals surface area contributed by atoms with Crippen molar-refractivity contribution in [3.05, 3.63) is 0 Å². The first kappa shape index (κ1) is 10.3. The van der Waals surface area contributed by atoms with Crippen LogP contribution in [0.1, 0.15) is 32.6 Å². The summed E-state index contributed by atoms with van der Waals surface area (Å²) in [5, 5.41) is 12.3. The molecule has 1 spiro atoms. The minimum atomic E-state index is -0.698. The molecule has 14 heavy (non-hydrogen) atoms. The van der Waals surface area contributed by atoms with Gasteiger partial charge in [-0.2, -0.15) is 0 Å². The third-order valence-electron chi connectivity index (χ3n) is 3.48. The second kappa shape index (κ2) is 3.74. The highest BCUT2D eigenvalue weighted by atomic mass is 32.2. The third kappa shape index (κ3) is 1.54. The number of carbonyl (C=O) groups is 1. The monoisotopic (exact) mass is 215 g/mol. The zero-order valence-corrected chi connectivity index (χ0v) is 9.27. The zero-order chi connectivity index (χ0) is 10.2. The largest absolute Gasteiger partial charge is 0.480 e. The lowest BCUT2D eigenvalue weighted by atomic mass is 9.99. The molecule has 0 bridgehead atoms. The fourth-order valence-electron chi connectivity index (χ4n) is 2.71. The van der Waals surface area contributed by atoms with Crippen molar-refractivity contribution in [2.75, 3.05) is 5.75 Å². The summed E-state index contributed by atoms with van der Waals surface area (Å²) in [5.41, 5.74) is 0. The molecule has 4 heteroatoms. The van der Waals surface area contributed by atoms with E-state index in [-0.39, 0.29) is 10.9 Å². The van der Waals surface area contributed by atoms with Crippen LogP contribution in [0.2, 0.25) is 0 Å². The quantitative estimate of drug-likeness (QED) is 0.736. The number of aliphatic carboxylic acids is 1. The van der Waals surface area contributed by atoms with Crippen LogP contribution in [0.3, 0.4) is 0 Å². The molecule has 2 rings (SSSR count). The standard InChI is InChI=1S/C10H17NO2S/c1-2-7-4-3-5-10(7)11-8(6-14-10)9(12)13/h7-8,11H,2-6H2,1H3,(H,12,13)/t7?,8-,10?/m0/s1. The smallest absolute Gasteiger partial charge is 0.321 e. The van der Waals surface area contributed by atoms with Gasteiger partial charge in [0.2, 0.25) is 0 Å². The maximum absolute atomic E-state index is 10.9. The number of hydrogen-bond donors (Lipinski definition) is 2. The molecule has 0 amide bonds. The summed E-state index contributed by atoms with van der Waals surface area (Å²) < 4.78 is 0. The van der Waals surface area contributed by atoms with E-state index in [0.717, 1.165) is 18.6 Å². The second-order valence-corrected chi connectivity index (χ2v) is 5.58. The van der Waals surface area contributed by atoms with Gasteiger partial charge in [0.1, 0.15) is 6.04 Å². The van der Waals surface area contributed by atoms with E-state index in [1.807, 2.05) is 11.8 Å². The Morgan fingerprint density at radius 2 is 2.50 bits per heavy atom. The van der Waals surface area contributed by atoms with Gasteiger partial charge in [-0.3, -0.25) is 10.1 Å². The minimum Gasteiger partial charge on any atom is -0.480 e. The Morgan fingerprint density at radius 3 is 3.07 bits per heavy atom. The predicted molar refractivity (Wildman–Crippen MR) is 57.4 cm³/mol. The predicted octanol–water partition coefficient (Wildman–Crippen LogP) is 1.68. The Labute approximate surface area is 88.6 Å². The summed E-state index contributed by atoms with van der Waals surface area (Å²) in [4.78, 5) is 11.0. The van der Waals surface area contributed by atoms with Gasteiger partial charge in [0, 0.05) is 5.75 Å². The highest BCUT2D eigenvalue weighted by Gasteiger charge is 2.49. The van der Waals surface area contributed by atoms with Crippen molar-refractivity contribution in [1.82, 2.24) is 5.32 Å². The molecule has 80 valence electrons. The van der Waals surface area contributed by atoms with Gasteiger partial charge in [-0.25, -0.2) is 0 Å². The van der Waals surface area contributed by atoms with Gasteiger partial charge in [-0.15, -0.1) is 11.8 Å². The van der Waals surface area contributed by atoms with E-state index in [4.69, 9.17) is 5.11 Å². The Hall–Kier alpha value is -0.220. The second-order valence-electron chi connectivity index (χ2n) is 4.23. The van der Waals surface area contributed by atoms with E-state index in [0.29, 0.717) is 5.92 Å². The molecule has 3 atom stereocenters. The fraction of sp³-hybridized carbons (Fsp3) is 0.900. The van der Waals surface area contributed by atoms with Crippen molar-refractivity contribution in [2.45, 2.75) is 43.5 Å². The number of carboxylic acid groups (broad SMARTS) is 1. The van der Waals surface area contributed by atoms with Gasteiger partial charge in [-0.05, 0) is 18.8 Å². The summed E-state index contributed by atoms with van der Waals surface area (Å²) >= 11 is 1.83. The van der Waals surface area contributed by atoms with Crippen molar-refractivity contribution >= 4 is 17.7 Å². The molecule has 0 radical (unpaired) electrons. The van der Waals surface area contributed by atoms with Crippen LogP contribution in [-0.2, 0) is 4.79 Å². The molecule has 3 nitrogen and oxygen atoms in total. The number of nitrogens with one attached hydrogen (secondary N) is 1. The first-order valence-corrected chi connectivity index (χ1v) is 6.31. The van der Waals surface area contributed by atoms with Crippen molar-refractivity contribution in [1.29, 1.82) is 0 Å². The van der Waals surface area contributed by atoms with Crippen LogP contribution in [-0.4, -0.2) is 27.7 Å². The van der Waals surface area contributed by atoms with Crippen molar-refractivity contribution in [2.24, 2.45) is 5.92 Å². The van der Waals surface area contributed by atoms with Gasteiger partial charge in [-0.1, -0.05) is 19.8 Å². The van der Waals surface area contributed by atoms with Crippen molar-refractivity contribution in [3.8, 4) is 0 Å². The summed E-state index contributed by atoms with van der Waals surface area (Å²) in [7, 11) is 0. The summed E-state index contributed by atoms with van der Waals surface area (Å²) in [6.45, 7) is 2.20. The van der Waals surface area contributed by atoms with Crippen LogP contribution in [0.5, 0.6) is 0 Å². The van der Waals surface area contributed by atoms with Crippen molar-refractivity contribution in [3.63, 3.8) is 0 Å². The third-order valence-corrected chi connectivity index (χ3v) is 5.15. The van der Waals surface area contributed by atoms with Gasteiger partial charge < -0.3 is 5.11 Å².